The van der Waals surface area contributed by atoms with Gasteiger partial charge in [-0.05, 0) is 5.56 Å². The minimum atomic E-state index is -1.41. The highest BCUT2D eigenvalue weighted by molar-refractivity contribution is 5.13. The van der Waals surface area contributed by atoms with Gasteiger partial charge in [0.15, 0.2) is 6.29 Å². The van der Waals surface area contributed by atoms with Crippen molar-refractivity contribution in [3.05, 3.63) is 35.9 Å². The van der Waals surface area contributed by atoms with Gasteiger partial charge in [0.25, 0.3) is 0 Å². The third kappa shape index (κ3) is 3.30. The third-order valence-electron chi connectivity index (χ3n) is 3.11. The normalized spacial score (nSPS) is 35.3. The van der Waals surface area contributed by atoms with E-state index >= 15 is 0 Å². The van der Waals surface area contributed by atoms with E-state index in [-0.39, 0.29) is 6.61 Å². The van der Waals surface area contributed by atoms with E-state index in [1.165, 1.54) is 0 Å². The van der Waals surface area contributed by atoms with Gasteiger partial charge in [-0.3, -0.25) is 0 Å². The minimum Gasteiger partial charge on any atom is -0.394 e. The Morgan fingerprint density at radius 1 is 1.00 bits per heavy atom. The van der Waals surface area contributed by atoms with Crippen molar-refractivity contribution in [1.82, 2.24) is 0 Å². The molecule has 2 rings (SSSR count). The fourth-order valence-corrected chi connectivity index (χ4v) is 1.96. The van der Waals surface area contributed by atoms with Crippen LogP contribution in [-0.2, 0) is 16.1 Å². The maximum Gasteiger partial charge on any atom is 0.187 e. The van der Waals surface area contributed by atoms with Crippen LogP contribution in [0.15, 0.2) is 30.3 Å². The third-order valence-corrected chi connectivity index (χ3v) is 3.11. The Kier molecular flexibility index (Phi) is 4.87. The first-order chi connectivity index (χ1) is 9.13. The summed E-state index contributed by atoms with van der Waals surface area (Å²) in [6.45, 7) is -0.264. The van der Waals surface area contributed by atoms with Crippen molar-refractivity contribution in [2.75, 3.05) is 6.61 Å². The van der Waals surface area contributed by atoms with Crippen molar-refractivity contribution in [3.8, 4) is 0 Å². The summed E-state index contributed by atoms with van der Waals surface area (Å²) in [7, 11) is 0. The van der Waals surface area contributed by atoms with Crippen LogP contribution in [0.1, 0.15) is 5.56 Å². The van der Waals surface area contributed by atoms with E-state index in [0.717, 1.165) is 5.56 Å². The van der Waals surface area contributed by atoms with Crippen LogP contribution in [0, 0.1) is 0 Å². The van der Waals surface area contributed by atoms with Gasteiger partial charge < -0.3 is 29.9 Å². The maximum atomic E-state index is 9.76. The molecular weight excluding hydrogens is 252 g/mol. The predicted molar refractivity (Wildman–Crippen MR) is 65.0 cm³/mol. The Hall–Kier alpha value is -1.02. The number of aliphatic hydroxyl groups is 4. The van der Waals surface area contributed by atoms with Crippen molar-refractivity contribution >= 4 is 0 Å². The first-order valence-corrected chi connectivity index (χ1v) is 6.09. The second kappa shape index (κ2) is 6.42. The van der Waals surface area contributed by atoms with Crippen molar-refractivity contribution in [1.29, 1.82) is 0 Å². The lowest BCUT2D eigenvalue weighted by Gasteiger charge is -2.39. The first-order valence-electron chi connectivity index (χ1n) is 6.09. The molecule has 1 fully saturated rings. The van der Waals surface area contributed by atoms with Gasteiger partial charge in [-0.15, -0.1) is 0 Å². The molecule has 6 heteroatoms. The van der Waals surface area contributed by atoms with Gasteiger partial charge in [-0.1, -0.05) is 30.3 Å². The number of ether oxygens (including phenoxy) is 2. The molecule has 4 N–H and O–H groups in total. The van der Waals surface area contributed by atoms with Crippen LogP contribution in [0.5, 0.6) is 0 Å². The molecular formula is C13H18O6. The number of hydrogen-bond acceptors (Lipinski definition) is 6. The highest BCUT2D eigenvalue weighted by Crippen LogP contribution is 2.22. The number of aliphatic hydroxyl groups excluding tert-OH is 4. The van der Waals surface area contributed by atoms with Crippen LogP contribution >= 0.6 is 0 Å². The van der Waals surface area contributed by atoms with Crippen LogP contribution in [0.2, 0.25) is 0 Å². The van der Waals surface area contributed by atoms with E-state index in [1.807, 2.05) is 30.3 Å². The van der Waals surface area contributed by atoms with Crippen LogP contribution < -0.4 is 0 Å². The Morgan fingerprint density at radius 2 is 1.68 bits per heavy atom. The van der Waals surface area contributed by atoms with Crippen LogP contribution in [0.4, 0.5) is 0 Å². The lowest BCUT2D eigenvalue weighted by molar-refractivity contribution is -0.304. The van der Waals surface area contributed by atoms with E-state index in [0.29, 0.717) is 0 Å². The minimum absolute atomic E-state index is 0.198. The van der Waals surface area contributed by atoms with E-state index in [1.54, 1.807) is 0 Å². The monoisotopic (exact) mass is 270 g/mol. The van der Waals surface area contributed by atoms with Gasteiger partial charge >= 0.3 is 0 Å². The second-order valence-electron chi connectivity index (χ2n) is 4.49. The molecule has 2 unspecified atom stereocenters. The molecule has 19 heavy (non-hydrogen) atoms. The molecule has 0 radical (unpaired) electrons. The predicted octanol–water partition coefficient (Wildman–Crippen LogP) is -0.997. The molecule has 1 aromatic rings. The summed E-state index contributed by atoms with van der Waals surface area (Å²) in [6.07, 6.45) is -6.17. The SMILES string of the molecule is OCC1O[C@@H](OCc2ccccc2)[C@@H](O)C(O)[C@@H]1O. The fourth-order valence-electron chi connectivity index (χ4n) is 1.96. The first kappa shape index (κ1) is 14.4. The Morgan fingerprint density at radius 3 is 2.32 bits per heavy atom. The molecule has 106 valence electrons. The van der Waals surface area contributed by atoms with Gasteiger partial charge in [0, 0.05) is 0 Å². The summed E-state index contributed by atoms with van der Waals surface area (Å²) in [4.78, 5) is 0. The molecule has 1 heterocycles. The molecule has 0 saturated carbocycles. The summed E-state index contributed by atoms with van der Waals surface area (Å²) >= 11 is 0. The molecule has 1 saturated heterocycles. The van der Waals surface area contributed by atoms with Gasteiger partial charge in [0.05, 0.1) is 13.2 Å². The quantitative estimate of drug-likeness (QED) is 0.560. The summed E-state index contributed by atoms with van der Waals surface area (Å²) < 4.78 is 10.6. The molecule has 0 aromatic heterocycles. The Labute approximate surface area is 110 Å². The molecule has 1 aliphatic heterocycles. The number of benzene rings is 1. The van der Waals surface area contributed by atoms with Crippen LogP contribution in [0.3, 0.4) is 0 Å². The highest BCUT2D eigenvalue weighted by Gasteiger charge is 2.43. The Bertz CT molecular complexity index is 382. The van der Waals surface area contributed by atoms with E-state index < -0.39 is 37.3 Å². The van der Waals surface area contributed by atoms with E-state index in [9.17, 15) is 15.3 Å². The average Bonchev–Trinajstić information content (AvgIpc) is 2.45. The Balaban J connectivity index is 1.95. The highest BCUT2D eigenvalue weighted by atomic mass is 16.7. The molecule has 0 amide bonds. The van der Waals surface area contributed by atoms with Crippen LogP contribution in [0.25, 0.3) is 0 Å². The molecule has 0 aliphatic carbocycles. The molecule has 0 bridgehead atoms. The van der Waals surface area contributed by atoms with E-state index in [2.05, 4.69) is 0 Å². The zero-order valence-electron chi connectivity index (χ0n) is 10.3. The smallest absolute Gasteiger partial charge is 0.187 e. The molecule has 6 nitrogen and oxygen atoms in total. The largest absolute Gasteiger partial charge is 0.394 e. The fraction of sp³-hybridized carbons (Fsp3) is 0.538. The van der Waals surface area contributed by atoms with Crippen molar-refractivity contribution in [2.45, 2.75) is 37.3 Å². The maximum absolute atomic E-state index is 9.76. The van der Waals surface area contributed by atoms with Crippen molar-refractivity contribution in [3.63, 3.8) is 0 Å². The van der Waals surface area contributed by atoms with Gasteiger partial charge in [-0.25, -0.2) is 0 Å². The number of hydrogen-bond donors (Lipinski definition) is 4. The van der Waals surface area contributed by atoms with E-state index in [4.69, 9.17) is 14.6 Å². The zero-order valence-corrected chi connectivity index (χ0v) is 10.3. The summed E-state index contributed by atoms with van der Waals surface area (Å²) in [5.74, 6) is 0. The standard InChI is InChI=1S/C13H18O6/c14-6-9-10(15)11(16)12(17)13(19-9)18-7-8-4-2-1-3-5-8/h1-5,9-17H,6-7H2/t9?,10-,11?,12+,13-/m1/s1. The lowest BCUT2D eigenvalue weighted by Crippen LogP contribution is -2.59. The molecule has 1 aromatic carbocycles. The second-order valence-corrected chi connectivity index (χ2v) is 4.49. The topological polar surface area (TPSA) is 99.4 Å². The number of rotatable bonds is 4. The van der Waals surface area contributed by atoms with Gasteiger partial charge in [-0.2, -0.15) is 0 Å². The molecule has 1 aliphatic rings. The molecule has 5 atom stereocenters. The average molecular weight is 270 g/mol. The summed E-state index contributed by atoms with van der Waals surface area (Å²) in [6, 6.07) is 9.28. The van der Waals surface area contributed by atoms with Crippen molar-refractivity contribution in [2.24, 2.45) is 0 Å². The van der Waals surface area contributed by atoms with Gasteiger partial charge in [0.2, 0.25) is 0 Å². The van der Waals surface area contributed by atoms with Gasteiger partial charge in [0.1, 0.15) is 24.4 Å². The summed E-state index contributed by atoms with van der Waals surface area (Å²) in [5, 5.41) is 38.0. The zero-order chi connectivity index (χ0) is 13.8. The lowest BCUT2D eigenvalue weighted by atomic mass is 9.99. The van der Waals surface area contributed by atoms with Crippen molar-refractivity contribution < 1.29 is 29.9 Å². The summed E-state index contributed by atoms with van der Waals surface area (Å²) in [5.41, 5.74) is 0.888. The van der Waals surface area contributed by atoms with Crippen LogP contribution in [-0.4, -0.2) is 57.7 Å². The molecule has 0 spiro atoms.